The van der Waals surface area contributed by atoms with Crippen LogP contribution in [0.3, 0.4) is 0 Å². The number of aromatic nitrogens is 1. The topological polar surface area (TPSA) is 62.3 Å². The van der Waals surface area contributed by atoms with Crippen molar-refractivity contribution in [3.63, 3.8) is 0 Å². The van der Waals surface area contributed by atoms with Gasteiger partial charge in [-0.3, -0.25) is 9.59 Å². The molecule has 29 heavy (non-hydrogen) atoms. The van der Waals surface area contributed by atoms with Gasteiger partial charge in [0.05, 0.1) is 0 Å². The quantitative estimate of drug-likeness (QED) is 0.605. The van der Waals surface area contributed by atoms with E-state index in [1.54, 1.807) is 23.2 Å². The number of pyridine rings is 1. The first-order valence-electron chi connectivity index (χ1n) is 9.60. The lowest BCUT2D eigenvalue weighted by molar-refractivity contribution is -0.125. The summed E-state index contributed by atoms with van der Waals surface area (Å²) in [5.74, 6) is -0.0281. The Morgan fingerprint density at radius 2 is 2.10 bits per heavy atom. The molecule has 3 heterocycles. The molecule has 6 heteroatoms. The van der Waals surface area contributed by atoms with Gasteiger partial charge < -0.3 is 10.2 Å². The van der Waals surface area contributed by atoms with Crippen LogP contribution in [0.15, 0.2) is 66.7 Å². The summed E-state index contributed by atoms with van der Waals surface area (Å²) in [6.07, 6.45) is 12.3. The van der Waals surface area contributed by atoms with Gasteiger partial charge in [-0.2, -0.15) is 0 Å². The molecule has 1 aromatic heterocycles. The Hall–Kier alpha value is -3.28. The average molecular weight is 393 g/mol. The first kappa shape index (κ1) is 20.5. The number of hydrogen-bond acceptors (Lipinski definition) is 3. The Kier molecular flexibility index (Phi) is 6.54. The molecule has 0 saturated carbocycles. The Labute approximate surface area is 170 Å². The predicted molar refractivity (Wildman–Crippen MR) is 113 cm³/mol. The predicted octanol–water partition coefficient (Wildman–Crippen LogP) is 4.12. The highest BCUT2D eigenvalue weighted by Gasteiger charge is 2.18. The van der Waals surface area contributed by atoms with E-state index in [0.717, 1.165) is 16.7 Å². The van der Waals surface area contributed by atoms with Gasteiger partial charge in [0.2, 0.25) is 11.8 Å². The lowest BCUT2D eigenvalue weighted by Gasteiger charge is -2.19. The normalized spacial score (nSPS) is 17.3. The van der Waals surface area contributed by atoms with E-state index in [0.29, 0.717) is 50.2 Å². The lowest BCUT2D eigenvalue weighted by Crippen LogP contribution is -2.30. The van der Waals surface area contributed by atoms with Crippen molar-refractivity contribution < 1.29 is 14.0 Å². The second-order valence-electron chi connectivity index (χ2n) is 6.97. The monoisotopic (exact) mass is 393 g/mol. The maximum atomic E-state index is 13.7. The number of carbonyl (C=O) groups excluding carboxylic acids is 2. The largest absolute Gasteiger partial charge is 0.339 e. The number of aryl methyl sites for hydroxylation is 1. The third-order valence-corrected chi connectivity index (χ3v) is 4.96. The van der Waals surface area contributed by atoms with Gasteiger partial charge >= 0.3 is 0 Å². The van der Waals surface area contributed by atoms with Crippen LogP contribution >= 0.6 is 0 Å². The third kappa shape index (κ3) is 5.16. The van der Waals surface area contributed by atoms with E-state index in [2.05, 4.69) is 23.5 Å². The molecule has 5 nitrogen and oxygen atoms in total. The van der Waals surface area contributed by atoms with Crippen molar-refractivity contribution in [2.24, 2.45) is 0 Å². The molecular weight excluding hydrogens is 369 g/mol. The number of halogens is 1. The smallest absolute Gasteiger partial charge is 0.246 e. The molecule has 0 bridgehead atoms. The van der Waals surface area contributed by atoms with E-state index in [1.807, 2.05) is 12.1 Å². The molecule has 0 fully saturated rings. The van der Waals surface area contributed by atoms with E-state index in [-0.39, 0.29) is 11.8 Å². The molecule has 0 unspecified atom stereocenters. The van der Waals surface area contributed by atoms with E-state index in [9.17, 15) is 14.0 Å². The minimum Gasteiger partial charge on any atom is -0.339 e. The van der Waals surface area contributed by atoms with Gasteiger partial charge in [0, 0.05) is 37.4 Å². The molecule has 0 aliphatic carbocycles. The zero-order valence-corrected chi connectivity index (χ0v) is 16.3. The van der Waals surface area contributed by atoms with Crippen molar-refractivity contribution in [1.82, 2.24) is 9.88 Å². The summed E-state index contributed by atoms with van der Waals surface area (Å²) in [5, 5.41) is 2.74. The van der Waals surface area contributed by atoms with Crippen LogP contribution < -0.4 is 5.32 Å². The maximum absolute atomic E-state index is 13.7. The highest BCUT2D eigenvalue weighted by molar-refractivity contribution is 5.93. The van der Waals surface area contributed by atoms with E-state index >= 15 is 0 Å². The van der Waals surface area contributed by atoms with Crippen LogP contribution in [0.5, 0.6) is 0 Å². The molecule has 1 N–H and O–H groups in total. The molecule has 0 atom stereocenters. The summed E-state index contributed by atoms with van der Waals surface area (Å²) in [4.78, 5) is 30.0. The number of nitrogens with zero attached hydrogens (tertiary/aromatic N) is 2. The Morgan fingerprint density at radius 1 is 1.28 bits per heavy atom. The van der Waals surface area contributed by atoms with Crippen LogP contribution in [0.4, 0.5) is 10.2 Å². The van der Waals surface area contributed by atoms with Crippen molar-refractivity contribution in [1.29, 1.82) is 0 Å². The molecule has 0 spiro atoms. The molecule has 150 valence electrons. The molecule has 2 aliphatic rings. The van der Waals surface area contributed by atoms with E-state index < -0.39 is 5.83 Å². The molecular formula is C23H24FN3O2. The first-order chi connectivity index (χ1) is 14.0. The summed E-state index contributed by atoms with van der Waals surface area (Å²) < 4.78 is 13.7. The van der Waals surface area contributed by atoms with Crippen molar-refractivity contribution in [3.05, 3.63) is 77.8 Å². The Bertz CT molecular complexity index is 943. The van der Waals surface area contributed by atoms with Gasteiger partial charge in [-0.25, -0.2) is 9.37 Å². The molecule has 0 radical (unpaired) electrons. The fourth-order valence-electron chi connectivity index (χ4n) is 3.46. The Morgan fingerprint density at radius 3 is 2.86 bits per heavy atom. The zero-order chi connectivity index (χ0) is 20.8. The number of amides is 2. The van der Waals surface area contributed by atoms with Crippen molar-refractivity contribution >= 4 is 23.7 Å². The van der Waals surface area contributed by atoms with Gasteiger partial charge in [0.25, 0.3) is 0 Å². The summed E-state index contributed by atoms with van der Waals surface area (Å²) in [6.45, 7) is 8.08. The van der Waals surface area contributed by atoms with Crippen LogP contribution in [-0.4, -0.2) is 34.8 Å². The number of hydrogen-bond donors (Lipinski definition) is 1. The van der Waals surface area contributed by atoms with Crippen LogP contribution in [0, 0.1) is 0 Å². The minimum atomic E-state index is -0.494. The van der Waals surface area contributed by atoms with Gasteiger partial charge in [0.15, 0.2) is 0 Å². The van der Waals surface area contributed by atoms with Gasteiger partial charge in [-0.05, 0) is 48.1 Å². The SMILES string of the molecule is C=C/C=C(\C(=C)F)C1=CCCN(C(=O)/C=C/c2cnc3c(c2)CCC(=O)N3)CC1. The first-order valence-corrected chi connectivity index (χ1v) is 9.60. The molecule has 3 rings (SSSR count). The Balaban J connectivity index is 1.63. The fourth-order valence-corrected chi connectivity index (χ4v) is 3.46. The number of nitrogens with one attached hydrogen (secondary N) is 1. The maximum Gasteiger partial charge on any atom is 0.246 e. The average Bonchev–Trinajstić information content (AvgIpc) is 2.96. The van der Waals surface area contributed by atoms with Crippen molar-refractivity contribution in [2.45, 2.75) is 25.7 Å². The second kappa shape index (κ2) is 9.28. The summed E-state index contributed by atoms with van der Waals surface area (Å²) in [7, 11) is 0. The van der Waals surface area contributed by atoms with E-state index in [1.165, 1.54) is 12.2 Å². The highest BCUT2D eigenvalue weighted by atomic mass is 19.1. The van der Waals surface area contributed by atoms with E-state index in [4.69, 9.17) is 0 Å². The summed E-state index contributed by atoms with van der Waals surface area (Å²) >= 11 is 0. The molecule has 1 aromatic rings. The molecule has 2 amide bonds. The summed E-state index contributed by atoms with van der Waals surface area (Å²) in [6, 6.07) is 1.94. The van der Waals surface area contributed by atoms with Crippen LogP contribution in [0.2, 0.25) is 0 Å². The molecule has 0 aromatic carbocycles. The number of anilines is 1. The fraction of sp³-hybridized carbons (Fsp3) is 0.261. The third-order valence-electron chi connectivity index (χ3n) is 4.96. The number of rotatable bonds is 5. The minimum absolute atomic E-state index is 0.0277. The highest BCUT2D eigenvalue weighted by Crippen LogP contribution is 2.25. The molecule has 2 aliphatic heterocycles. The number of carbonyl (C=O) groups is 2. The van der Waals surface area contributed by atoms with Crippen LogP contribution in [0.25, 0.3) is 6.08 Å². The zero-order valence-electron chi connectivity index (χ0n) is 16.3. The number of allylic oxidation sites excluding steroid dienone is 4. The van der Waals surface area contributed by atoms with Crippen molar-refractivity contribution in [3.8, 4) is 0 Å². The van der Waals surface area contributed by atoms with Crippen LogP contribution in [-0.2, 0) is 16.0 Å². The standard InChI is InChI=1S/C23H24FN3O2/c1-3-5-20(16(2)24)18-6-4-12-27(13-11-18)22(29)10-7-17-14-19-8-9-21(28)26-23(19)25-15-17/h3,5-7,10,14-15H,1-2,4,8-9,11-13H2,(H,25,26,28)/b10-7+,20-5+. The van der Waals surface area contributed by atoms with Crippen molar-refractivity contribution in [2.75, 3.05) is 18.4 Å². The van der Waals surface area contributed by atoms with Gasteiger partial charge in [0.1, 0.15) is 11.6 Å². The number of fused-ring (bicyclic) bond motifs is 1. The van der Waals surface area contributed by atoms with Gasteiger partial charge in [-0.15, -0.1) is 0 Å². The second-order valence-corrected chi connectivity index (χ2v) is 6.97. The van der Waals surface area contributed by atoms with Crippen LogP contribution in [0.1, 0.15) is 30.4 Å². The van der Waals surface area contributed by atoms with Gasteiger partial charge in [-0.1, -0.05) is 31.4 Å². The molecule has 0 saturated heterocycles. The summed E-state index contributed by atoms with van der Waals surface area (Å²) in [5.41, 5.74) is 3.07. The lowest BCUT2D eigenvalue weighted by atomic mass is 10.0.